The van der Waals surface area contributed by atoms with Gasteiger partial charge in [0.2, 0.25) is 5.91 Å². The van der Waals surface area contributed by atoms with Crippen molar-refractivity contribution in [1.29, 1.82) is 0 Å². The van der Waals surface area contributed by atoms with Gasteiger partial charge in [-0.3, -0.25) is 14.6 Å². The Morgan fingerprint density at radius 1 is 0.973 bits per heavy atom. The molecule has 37 heavy (non-hydrogen) atoms. The molecule has 1 atom stereocenters. The molecule has 4 heterocycles. The number of aromatic nitrogens is 2. The Kier molecular flexibility index (Phi) is 6.25. The summed E-state index contributed by atoms with van der Waals surface area (Å²) < 4.78 is 2.07. The number of hydrogen-bond donors (Lipinski definition) is 0. The highest BCUT2D eigenvalue weighted by Gasteiger charge is 2.31. The second-order valence-corrected chi connectivity index (χ2v) is 10.2. The van der Waals surface area contributed by atoms with Crippen LogP contribution in [0.15, 0.2) is 73.1 Å². The lowest BCUT2D eigenvalue weighted by Crippen LogP contribution is -2.39. The van der Waals surface area contributed by atoms with E-state index in [0.717, 1.165) is 66.5 Å². The largest absolute Gasteiger partial charge is 0.350 e. The molecule has 0 radical (unpaired) electrons. The van der Waals surface area contributed by atoms with Crippen molar-refractivity contribution in [3.8, 4) is 0 Å². The van der Waals surface area contributed by atoms with Gasteiger partial charge in [-0.15, -0.1) is 0 Å². The summed E-state index contributed by atoms with van der Waals surface area (Å²) >= 11 is 0. The van der Waals surface area contributed by atoms with Crippen molar-refractivity contribution < 1.29 is 9.59 Å². The average molecular weight is 493 g/mol. The van der Waals surface area contributed by atoms with Crippen LogP contribution in [0.5, 0.6) is 0 Å². The second kappa shape index (κ2) is 9.85. The van der Waals surface area contributed by atoms with Crippen molar-refractivity contribution in [1.82, 2.24) is 14.5 Å². The molecule has 2 aliphatic rings. The third kappa shape index (κ3) is 4.41. The number of pyridine rings is 1. The van der Waals surface area contributed by atoms with Gasteiger partial charge in [-0.05, 0) is 55.4 Å². The van der Waals surface area contributed by atoms with Crippen LogP contribution in [0.25, 0.3) is 10.9 Å². The molecule has 0 N–H and O–H groups in total. The van der Waals surface area contributed by atoms with Crippen LogP contribution in [-0.4, -0.2) is 39.4 Å². The summed E-state index contributed by atoms with van der Waals surface area (Å²) in [7, 11) is 2.01. The van der Waals surface area contributed by atoms with Crippen molar-refractivity contribution in [2.24, 2.45) is 7.05 Å². The lowest BCUT2D eigenvalue weighted by Gasteiger charge is -2.36. The monoisotopic (exact) mass is 492 g/mol. The van der Waals surface area contributed by atoms with Gasteiger partial charge in [-0.2, -0.15) is 0 Å². The highest BCUT2D eigenvalue weighted by Crippen LogP contribution is 2.34. The predicted octanol–water partition coefficient (Wildman–Crippen LogP) is 5.46. The quantitative estimate of drug-likeness (QED) is 0.380. The van der Waals surface area contributed by atoms with Crippen LogP contribution in [0.2, 0.25) is 0 Å². The third-order valence-corrected chi connectivity index (χ3v) is 7.85. The molecular weight excluding hydrogens is 460 g/mol. The Bertz CT molecular complexity index is 1460. The summed E-state index contributed by atoms with van der Waals surface area (Å²) in [5.74, 6) is 0.0414. The van der Waals surface area contributed by atoms with Gasteiger partial charge in [0, 0.05) is 43.4 Å². The van der Waals surface area contributed by atoms with Crippen molar-refractivity contribution in [2.45, 2.75) is 44.6 Å². The summed E-state index contributed by atoms with van der Waals surface area (Å²) in [4.78, 5) is 35.9. The van der Waals surface area contributed by atoms with E-state index in [-0.39, 0.29) is 17.9 Å². The summed E-state index contributed by atoms with van der Waals surface area (Å²) in [6.07, 6.45) is 8.84. The number of fused-ring (bicyclic) bond motifs is 2. The Labute approximate surface area is 217 Å². The minimum absolute atomic E-state index is 0.00382. The van der Waals surface area contributed by atoms with Crippen LogP contribution in [0.1, 0.15) is 58.9 Å². The number of carbonyl (C=O) groups is 2. The number of carbonyl (C=O) groups excluding carboxylic acids is 2. The van der Waals surface area contributed by atoms with E-state index in [9.17, 15) is 9.59 Å². The zero-order valence-electron chi connectivity index (χ0n) is 21.3. The standard InChI is InChI=1S/C31H32N4O2/c1-33-21-24(25-12-5-6-15-28(25)33)19-30(36)34-17-9-13-26-29(34)18-23(20-32-26)31(37)35-16-8-7-14-27(35)22-10-3-2-4-11-22/h2-6,10-12,15,18,20-21,27H,7-9,13-14,16-17,19H2,1H3/t27-/m1/s1. The van der Waals surface area contributed by atoms with Gasteiger partial charge >= 0.3 is 0 Å². The fraction of sp³-hybridized carbons (Fsp3) is 0.323. The van der Waals surface area contributed by atoms with E-state index in [2.05, 4.69) is 33.8 Å². The number of hydrogen-bond acceptors (Lipinski definition) is 3. The first kappa shape index (κ1) is 23.5. The predicted molar refractivity (Wildman–Crippen MR) is 146 cm³/mol. The molecule has 6 nitrogen and oxygen atoms in total. The maximum Gasteiger partial charge on any atom is 0.256 e. The van der Waals surface area contributed by atoms with E-state index in [1.807, 2.05) is 59.4 Å². The Morgan fingerprint density at radius 3 is 2.65 bits per heavy atom. The summed E-state index contributed by atoms with van der Waals surface area (Å²) in [6.45, 7) is 1.38. The lowest BCUT2D eigenvalue weighted by atomic mass is 9.94. The Balaban J connectivity index is 1.28. The van der Waals surface area contributed by atoms with E-state index >= 15 is 0 Å². The summed E-state index contributed by atoms with van der Waals surface area (Å²) in [6, 6.07) is 20.4. The van der Waals surface area contributed by atoms with E-state index in [1.165, 1.54) is 5.56 Å². The van der Waals surface area contributed by atoms with E-state index in [1.54, 1.807) is 6.20 Å². The molecule has 1 fully saturated rings. The number of nitrogens with zero attached hydrogens (tertiary/aromatic N) is 4. The highest BCUT2D eigenvalue weighted by molar-refractivity contribution is 6.00. The van der Waals surface area contributed by atoms with Crippen LogP contribution in [0, 0.1) is 0 Å². The first-order chi connectivity index (χ1) is 18.1. The maximum absolute atomic E-state index is 13.8. The number of benzene rings is 2. The molecule has 0 aliphatic carbocycles. The Hall–Kier alpha value is -3.93. The molecule has 2 aromatic carbocycles. The number of piperidine rings is 1. The van der Waals surface area contributed by atoms with Gasteiger partial charge in [0.25, 0.3) is 5.91 Å². The first-order valence-corrected chi connectivity index (χ1v) is 13.3. The molecule has 2 amide bonds. The minimum atomic E-state index is -0.00382. The second-order valence-electron chi connectivity index (χ2n) is 10.2. The molecule has 4 aromatic rings. The molecule has 188 valence electrons. The zero-order chi connectivity index (χ0) is 25.4. The highest BCUT2D eigenvalue weighted by atomic mass is 16.2. The van der Waals surface area contributed by atoms with Gasteiger partial charge < -0.3 is 14.4 Å². The van der Waals surface area contributed by atoms with Crippen molar-refractivity contribution in [3.05, 3.63) is 95.4 Å². The fourth-order valence-corrected chi connectivity index (χ4v) is 6.00. The van der Waals surface area contributed by atoms with Gasteiger partial charge in [0.05, 0.1) is 29.4 Å². The van der Waals surface area contributed by atoms with E-state index < -0.39 is 0 Å². The maximum atomic E-state index is 13.8. The molecule has 0 bridgehead atoms. The van der Waals surface area contributed by atoms with Crippen molar-refractivity contribution in [3.63, 3.8) is 0 Å². The van der Waals surface area contributed by atoms with Crippen molar-refractivity contribution >= 4 is 28.4 Å². The number of amides is 2. The summed E-state index contributed by atoms with van der Waals surface area (Å²) in [5, 5.41) is 1.11. The smallest absolute Gasteiger partial charge is 0.256 e. The van der Waals surface area contributed by atoms with Crippen molar-refractivity contribution in [2.75, 3.05) is 18.0 Å². The third-order valence-electron chi connectivity index (χ3n) is 7.85. The van der Waals surface area contributed by atoms with Crippen LogP contribution in [-0.2, 0) is 24.7 Å². The number of aryl methyl sites for hydroxylation is 2. The first-order valence-electron chi connectivity index (χ1n) is 13.3. The van der Waals surface area contributed by atoms with Gasteiger partial charge in [-0.1, -0.05) is 48.5 Å². The van der Waals surface area contributed by atoms with E-state index in [4.69, 9.17) is 0 Å². The molecule has 0 unspecified atom stereocenters. The minimum Gasteiger partial charge on any atom is -0.350 e. The normalized spacial score (nSPS) is 17.6. The number of likely N-dealkylation sites (tertiary alicyclic amines) is 1. The molecule has 1 saturated heterocycles. The van der Waals surface area contributed by atoms with Gasteiger partial charge in [0.15, 0.2) is 0 Å². The fourth-order valence-electron chi connectivity index (χ4n) is 6.00. The zero-order valence-corrected chi connectivity index (χ0v) is 21.3. The van der Waals surface area contributed by atoms with Crippen LogP contribution < -0.4 is 4.90 Å². The number of para-hydroxylation sites is 1. The SMILES string of the molecule is Cn1cc(CC(=O)N2CCCc3ncc(C(=O)N4CCCC[C@@H]4c4ccccc4)cc32)c2ccccc21. The van der Waals surface area contributed by atoms with Crippen LogP contribution in [0.3, 0.4) is 0 Å². The van der Waals surface area contributed by atoms with E-state index in [0.29, 0.717) is 18.5 Å². The number of rotatable bonds is 4. The topological polar surface area (TPSA) is 58.4 Å². The molecular formula is C31H32N4O2. The van der Waals surface area contributed by atoms with Gasteiger partial charge in [-0.25, -0.2) is 0 Å². The van der Waals surface area contributed by atoms with Crippen LogP contribution >= 0.6 is 0 Å². The molecule has 0 spiro atoms. The molecule has 0 saturated carbocycles. The van der Waals surface area contributed by atoms with Gasteiger partial charge in [0.1, 0.15) is 0 Å². The lowest BCUT2D eigenvalue weighted by molar-refractivity contribution is -0.118. The number of anilines is 1. The molecule has 2 aliphatic heterocycles. The molecule has 2 aromatic heterocycles. The van der Waals surface area contributed by atoms with Crippen LogP contribution in [0.4, 0.5) is 5.69 Å². The summed E-state index contributed by atoms with van der Waals surface area (Å²) in [5.41, 5.74) is 5.56. The average Bonchev–Trinajstić information content (AvgIpc) is 3.27. The molecule has 6 heteroatoms. The molecule has 6 rings (SSSR count). The Morgan fingerprint density at radius 2 is 1.78 bits per heavy atom.